The average molecular weight is 471 g/mol. The van der Waals surface area contributed by atoms with Crippen LogP contribution in [0.3, 0.4) is 0 Å². The van der Waals surface area contributed by atoms with Crippen molar-refractivity contribution in [1.29, 1.82) is 0 Å². The highest BCUT2D eigenvalue weighted by Crippen LogP contribution is 2.38. The molecule has 0 saturated carbocycles. The molecule has 2 aliphatic rings. The number of carbonyl (C=O) groups excluding carboxylic acids is 2. The van der Waals surface area contributed by atoms with Gasteiger partial charge in [0.25, 0.3) is 5.91 Å². The monoisotopic (exact) mass is 470 g/mol. The van der Waals surface area contributed by atoms with E-state index in [9.17, 15) is 14.0 Å². The van der Waals surface area contributed by atoms with Crippen molar-refractivity contribution >= 4 is 29.2 Å². The van der Waals surface area contributed by atoms with Crippen LogP contribution in [0.1, 0.15) is 41.3 Å². The predicted molar refractivity (Wildman–Crippen MR) is 120 cm³/mol. The largest absolute Gasteiger partial charge is 0.379 e. The first-order chi connectivity index (χ1) is 15.9. The highest BCUT2D eigenvalue weighted by Gasteiger charge is 2.37. The van der Waals surface area contributed by atoms with Gasteiger partial charge in [0.05, 0.1) is 37.9 Å². The molecule has 1 saturated heterocycles. The third-order valence-corrected chi connectivity index (χ3v) is 6.76. The lowest BCUT2D eigenvalue weighted by Crippen LogP contribution is -2.42. The smallest absolute Gasteiger partial charge is 0.254 e. The molecule has 0 bridgehead atoms. The number of hydrogen-bond acceptors (Lipinski definition) is 7. The third kappa shape index (κ3) is 3.91. The molecular formula is C22H23FN6O3S. The quantitative estimate of drug-likeness (QED) is 0.584. The van der Waals surface area contributed by atoms with Gasteiger partial charge in [0.15, 0.2) is 16.6 Å². The number of aryl methyl sites for hydroxylation is 1. The fraction of sp³-hybridized carbons (Fsp3) is 0.409. The fourth-order valence-corrected chi connectivity index (χ4v) is 5.00. The fourth-order valence-electron chi connectivity index (χ4n) is 4.33. The molecule has 5 rings (SSSR count). The molecule has 2 aromatic heterocycles. The number of anilines is 1. The number of fused-ring (bicyclic) bond motifs is 1. The van der Waals surface area contributed by atoms with E-state index in [4.69, 9.17) is 9.72 Å². The van der Waals surface area contributed by atoms with Crippen molar-refractivity contribution in [1.82, 2.24) is 23.8 Å². The van der Waals surface area contributed by atoms with Gasteiger partial charge in [-0.3, -0.25) is 14.5 Å². The second kappa shape index (κ2) is 8.64. The Bertz CT molecular complexity index is 1210. The van der Waals surface area contributed by atoms with Crippen LogP contribution in [0, 0.1) is 12.7 Å². The summed E-state index contributed by atoms with van der Waals surface area (Å²) in [5.41, 5.74) is 1.19. The Labute approximate surface area is 194 Å². The summed E-state index contributed by atoms with van der Waals surface area (Å²) in [7, 11) is 0. The van der Waals surface area contributed by atoms with E-state index < -0.39 is 5.82 Å². The summed E-state index contributed by atoms with van der Waals surface area (Å²) in [6, 6.07) is 5.18. The molecule has 2 amide bonds. The number of carbonyl (C=O) groups is 2. The Morgan fingerprint density at radius 1 is 1.15 bits per heavy atom. The number of amides is 2. The Kier molecular flexibility index (Phi) is 5.67. The SMILES string of the molecule is Cc1nsc(-c2nc(N3CCOCCC3=O)c3n2CCN(C(=O)c2ccc(F)cc2)[C@@H]3C)n1. The van der Waals surface area contributed by atoms with Crippen LogP contribution < -0.4 is 4.90 Å². The first kappa shape index (κ1) is 21.7. The number of imidazole rings is 1. The summed E-state index contributed by atoms with van der Waals surface area (Å²) < 4.78 is 25.2. The number of halogens is 1. The molecule has 1 fully saturated rings. The van der Waals surface area contributed by atoms with E-state index in [1.807, 2.05) is 18.4 Å². The Balaban J connectivity index is 1.58. The standard InChI is InChI=1S/C22H23FN6O3S/c1-13-18-19(28-10-12-32-11-7-17(28)30)25-20(21-24-14(2)26-33-21)29(18)9-8-27(13)22(31)15-3-5-16(23)6-4-15/h3-6,13H,7-12H2,1-2H3/t13-/m1/s1. The van der Waals surface area contributed by atoms with Crippen molar-refractivity contribution in [2.24, 2.45) is 0 Å². The van der Waals surface area contributed by atoms with Crippen LogP contribution in [0.2, 0.25) is 0 Å². The van der Waals surface area contributed by atoms with Crippen LogP contribution in [0.5, 0.6) is 0 Å². The van der Waals surface area contributed by atoms with Gasteiger partial charge in [-0.05, 0) is 49.6 Å². The summed E-state index contributed by atoms with van der Waals surface area (Å²) in [5, 5.41) is 0.670. The molecule has 11 heteroatoms. The number of benzene rings is 1. The van der Waals surface area contributed by atoms with Crippen LogP contribution in [0.15, 0.2) is 24.3 Å². The molecule has 1 atom stereocenters. The zero-order valence-electron chi connectivity index (χ0n) is 18.3. The second-order valence-electron chi connectivity index (χ2n) is 8.03. The number of nitrogens with zero attached hydrogens (tertiary/aromatic N) is 6. The first-order valence-electron chi connectivity index (χ1n) is 10.8. The second-order valence-corrected chi connectivity index (χ2v) is 8.78. The lowest BCUT2D eigenvalue weighted by Gasteiger charge is -2.36. The van der Waals surface area contributed by atoms with Gasteiger partial charge >= 0.3 is 0 Å². The number of ether oxygens (including phenoxy) is 1. The molecule has 0 spiro atoms. The van der Waals surface area contributed by atoms with Crippen LogP contribution >= 0.6 is 11.5 Å². The van der Waals surface area contributed by atoms with Crippen molar-refractivity contribution in [3.05, 3.63) is 47.2 Å². The molecule has 33 heavy (non-hydrogen) atoms. The highest BCUT2D eigenvalue weighted by atomic mass is 32.1. The molecule has 0 aliphatic carbocycles. The average Bonchev–Trinajstić information content (AvgIpc) is 3.33. The van der Waals surface area contributed by atoms with Gasteiger partial charge in [0, 0.05) is 18.7 Å². The van der Waals surface area contributed by atoms with E-state index in [2.05, 4.69) is 9.36 Å². The van der Waals surface area contributed by atoms with Crippen molar-refractivity contribution in [2.45, 2.75) is 32.9 Å². The zero-order valence-corrected chi connectivity index (χ0v) is 19.1. The Hall–Kier alpha value is -3.18. The van der Waals surface area contributed by atoms with Crippen molar-refractivity contribution in [2.75, 3.05) is 31.2 Å². The van der Waals surface area contributed by atoms with Crippen molar-refractivity contribution in [3.63, 3.8) is 0 Å². The van der Waals surface area contributed by atoms with Crippen molar-refractivity contribution in [3.8, 4) is 10.8 Å². The van der Waals surface area contributed by atoms with E-state index in [0.29, 0.717) is 60.9 Å². The maximum Gasteiger partial charge on any atom is 0.254 e. The minimum Gasteiger partial charge on any atom is -0.379 e. The van der Waals surface area contributed by atoms with Gasteiger partial charge in [0.2, 0.25) is 5.91 Å². The third-order valence-electron chi connectivity index (χ3n) is 5.96. The van der Waals surface area contributed by atoms with E-state index in [-0.39, 0.29) is 24.3 Å². The van der Waals surface area contributed by atoms with Gasteiger partial charge in [-0.1, -0.05) is 0 Å². The van der Waals surface area contributed by atoms with Crippen LogP contribution in [-0.4, -0.2) is 61.9 Å². The summed E-state index contributed by atoms with van der Waals surface area (Å²) in [5.74, 6) is 1.17. The van der Waals surface area contributed by atoms with Gasteiger partial charge in [-0.25, -0.2) is 14.4 Å². The zero-order chi connectivity index (χ0) is 23.1. The van der Waals surface area contributed by atoms with Gasteiger partial charge in [-0.15, -0.1) is 0 Å². The molecule has 2 aliphatic heterocycles. The maximum atomic E-state index is 13.4. The van der Waals surface area contributed by atoms with Crippen molar-refractivity contribution < 1.29 is 18.7 Å². The lowest BCUT2D eigenvalue weighted by atomic mass is 10.1. The van der Waals surface area contributed by atoms with E-state index in [1.54, 1.807) is 9.80 Å². The van der Waals surface area contributed by atoms with E-state index in [0.717, 1.165) is 5.69 Å². The van der Waals surface area contributed by atoms with Crippen LogP contribution in [0.4, 0.5) is 10.2 Å². The number of hydrogen-bond donors (Lipinski definition) is 0. The Morgan fingerprint density at radius 3 is 2.67 bits per heavy atom. The summed E-state index contributed by atoms with van der Waals surface area (Å²) >= 11 is 1.26. The van der Waals surface area contributed by atoms with E-state index in [1.165, 1.54) is 35.8 Å². The molecule has 172 valence electrons. The summed E-state index contributed by atoms with van der Waals surface area (Å²) in [6.45, 7) is 5.86. The minimum absolute atomic E-state index is 0.0671. The first-order valence-corrected chi connectivity index (χ1v) is 11.6. The molecule has 9 nitrogen and oxygen atoms in total. The predicted octanol–water partition coefficient (Wildman–Crippen LogP) is 2.82. The number of aromatic nitrogens is 4. The maximum absolute atomic E-state index is 13.4. The summed E-state index contributed by atoms with van der Waals surface area (Å²) in [6.07, 6.45) is 0.270. The van der Waals surface area contributed by atoms with Crippen LogP contribution in [-0.2, 0) is 16.1 Å². The molecule has 3 aromatic rings. The van der Waals surface area contributed by atoms with Gasteiger partial charge < -0.3 is 14.2 Å². The van der Waals surface area contributed by atoms with Crippen LogP contribution in [0.25, 0.3) is 10.8 Å². The van der Waals surface area contributed by atoms with Gasteiger partial charge in [0.1, 0.15) is 11.6 Å². The molecule has 4 heterocycles. The topological polar surface area (TPSA) is 93.5 Å². The lowest BCUT2D eigenvalue weighted by molar-refractivity contribution is -0.118. The molecule has 0 radical (unpaired) electrons. The Morgan fingerprint density at radius 2 is 1.94 bits per heavy atom. The minimum atomic E-state index is -0.391. The number of rotatable bonds is 3. The highest BCUT2D eigenvalue weighted by molar-refractivity contribution is 7.09. The van der Waals surface area contributed by atoms with E-state index >= 15 is 0 Å². The molecular weight excluding hydrogens is 447 g/mol. The molecule has 0 unspecified atom stereocenters. The van der Waals surface area contributed by atoms with Gasteiger partial charge in [-0.2, -0.15) is 4.37 Å². The molecule has 0 N–H and O–H groups in total. The summed E-state index contributed by atoms with van der Waals surface area (Å²) in [4.78, 5) is 38.9. The normalized spacial score (nSPS) is 18.9. The molecule has 1 aromatic carbocycles.